The number of furan rings is 1. The van der Waals surface area contributed by atoms with Crippen molar-refractivity contribution in [1.82, 2.24) is 4.90 Å². The molecule has 1 atom stereocenters. The number of anilines is 1. The number of nitrogens with one attached hydrogen (secondary N) is 2. The highest BCUT2D eigenvalue weighted by atomic mass is 19.2. The summed E-state index contributed by atoms with van der Waals surface area (Å²) in [6, 6.07) is 4.41. The van der Waals surface area contributed by atoms with Crippen LogP contribution in [0.3, 0.4) is 0 Å². The molecule has 0 unspecified atom stereocenters. The molecule has 0 spiro atoms. The van der Waals surface area contributed by atoms with Gasteiger partial charge in [0.15, 0.2) is 29.3 Å². The summed E-state index contributed by atoms with van der Waals surface area (Å²) in [4.78, 5) is 27.1. The molecule has 144 valence electrons. The van der Waals surface area contributed by atoms with E-state index in [1.165, 1.54) is 6.26 Å². The van der Waals surface area contributed by atoms with Crippen molar-refractivity contribution in [2.45, 2.75) is 13.0 Å². The molecule has 2 heterocycles. The molecule has 1 saturated heterocycles. The highest BCUT2D eigenvalue weighted by Gasteiger charge is 2.32. The van der Waals surface area contributed by atoms with E-state index in [2.05, 4.69) is 5.32 Å². The smallest absolute Gasteiger partial charge is 0.289 e. The van der Waals surface area contributed by atoms with Crippen molar-refractivity contribution in [2.75, 3.05) is 31.5 Å². The maximum atomic E-state index is 13.7. The quantitative estimate of drug-likeness (QED) is 0.778. The number of rotatable bonds is 4. The summed E-state index contributed by atoms with van der Waals surface area (Å²) < 4.78 is 45.1. The number of hydrogen-bond acceptors (Lipinski definition) is 3. The first-order chi connectivity index (χ1) is 12.9. The van der Waals surface area contributed by atoms with Gasteiger partial charge in [-0.1, -0.05) is 0 Å². The summed E-state index contributed by atoms with van der Waals surface area (Å²) in [5, 5.41) is 2.29. The predicted molar refractivity (Wildman–Crippen MR) is 89.7 cm³/mol. The van der Waals surface area contributed by atoms with Gasteiger partial charge >= 0.3 is 0 Å². The van der Waals surface area contributed by atoms with E-state index in [0.29, 0.717) is 26.2 Å². The maximum absolute atomic E-state index is 13.7. The highest BCUT2D eigenvalue weighted by molar-refractivity contribution is 5.94. The van der Waals surface area contributed by atoms with Crippen LogP contribution in [0.25, 0.3) is 0 Å². The van der Waals surface area contributed by atoms with Gasteiger partial charge in [-0.25, -0.2) is 13.2 Å². The lowest BCUT2D eigenvalue weighted by Crippen LogP contribution is -3.19. The Labute approximate surface area is 153 Å². The minimum Gasteiger partial charge on any atom is -0.459 e. The molecule has 1 aliphatic rings. The largest absolute Gasteiger partial charge is 0.459 e. The third kappa shape index (κ3) is 3.97. The Morgan fingerprint density at radius 3 is 2.48 bits per heavy atom. The molecule has 0 aliphatic carbocycles. The van der Waals surface area contributed by atoms with E-state index in [-0.39, 0.29) is 11.7 Å². The van der Waals surface area contributed by atoms with Gasteiger partial charge in [-0.15, -0.1) is 0 Å². The van der Waals surface area contributed by atoms with Crippen LogP contribution in [-0.4, -0.2) is 48.9 Å². The second-order valence-electron chi connectivity index (χ2n) is 6.36. The van der Waals surface area contributed by atoms with Crippen molar-refractivity contribution >= 4 is 17.5 Å². The molecule has 27 heavy (non-hydrogen) atoms. The molecule has 9 heteroatoms. The molecular formula is C18H19F3N3O3+. The molecule has 2 aromatic rings. The van der Waals surface area contributed by atoms with Crippen LogP contribution in [0.1, 0.15) is 17.5 Å². The van der Waals surface area contributed by atoms with Crippen molar-refractivity contribution in [2.24, 2.45) is 0 Å². The third-order valence-corrected chi connectivity index (χ3v) is 4.72. The Kier molecular flexibility index (Phi) is 5.50. The van der Waals surface area contributed by atoms with E-state index in [0.717, 1.165) is 17.0 Å². The van der Waals surface area contributed by atoms with Gasteiger partial charge in [-0.2, -0.15) is 0 Å². The first kappa shape index (κ1) is 19.0. The lowest BCUT2D eigenvalue weighted by atomic mass is 10.2. The minimum absolute atomic E-state index is 0.208. The van der Waals surface area contributed by atoms with E-state index in [4.69, 9.17) is 4.42 Å². The van der Waals surface area contributed by atoms with Gasteiger partial charge < -0.3 is 19.5 Å². The molecule has 6 nitrogen and oxygen atoms in total. The molecule has 0 saturated carbocycles. The minimum atomic E-state index is -1.63. The molecule has 0 radical (unpaired) electrons. The molecule has 1 aromatic heterocycles. The number of carbonyl (C=O) groups is 2. The summed E-state index contributed by atoms with van der Waals surface area (Å²) in [5.74, 6) is -4.84. The van der Waals surface area contributed by atoms with Crippen molar-refractivity contribution in [3.05, 3.63) is 53.7 Å². The Balaban J connectivity index is 1.57. The zero-order chi connectivity index (χ0) is 19.6. The topological polar surface area (TPSA) is 67.0 Å². The highest BCUT2D eigenvalue weighted by Crippen LogP contribution is 2.19. The molecular weight excluding hydrogens is 363 g/mol. The average molecular weight is 382 g/mol. The fourth-order valence-corrected chi connectivity index (χ4v) is 3.03. The van der Waals surface area contributed by atoms with Crippen LogP contribution in [0.5, 0.6) is 0 Å². The number of halogens is 3. The van der Waals surface area contributed by atoms with Crippen LogP contribution in [0.4, 0.5) is 18.9 Å². The zero-order valence-corrected chi connectivity index (χ0v) is 14.6. The van der Waals surface area contributed by atoms with Crippen LogP contribution in [0.15, 0.2) is 34.9 Å². The van der Waals surface area contributed by atoms with Crippen LogP contribution in [-0.2, 0) is 4.79 Å². The SMILES string of the molecule is C[C@@H](C(=O)Nc1ccc(F)c(F)c1F)[NH+]1CCN(C(=O)c2ccco2)CC1. The summed E-state index contributed by atoms with van der Waals surface area (Å²) in [6.07, 6.45) is 1.43. The van der Waals surface area contributed by atoms with Crippen molar-refractivity contribution in [3.63, 3.8) is 0 Å². The fraction of sp³-hybridized carbons (Fsp3) is 0.333. The molecule has 1 aliphatic heterocycles. The van der Waals surface area contributed by atoms with Crippen LogP contribution in [0, 0.1) is 17.5 Å². The lowest BCUT2D eigenvalue weighted by molar-refractivity contribution is -0.917. The van der Waals surface area contributed by atoms with Crippen LogP contribution < -0.4 is 10.2 Å². The number of amides is 2. The van der Waals surface area contributed by atoms with Gasteiger partial charge in [0, 0.05) is 0 Å². The summed E-state index contributed by atoms with van der Waals surface area (Å²) in [6.45, 7) is 3.56. The number of carbonyl (C=O) groups excluding carboxylic acids is 2. The predicted octanol–water partition coefficient (Wildman–Crippen LogP) is 1.06. The van der Waals surface area contributed by atoms with Gasteiger partial charge in [0.25, 0.3) is 11.8 Å². The molecule has 1 fully saturated rings. The fourth-order valence-electron chi connectivity index (χ4n) is 3.03. The van der Waals surface area contributed by atoms with Crippen molar-refractivity contribution in [1.29, 1.82) is 0 Å². The average Bonchev–Trinajstić information content (AvgIpc) is 3.22. The zero-order valence-electron chi connectivity index (χ0n) is 14.6. The van der Waals surface area contributed by atoms with E-state index in [9.17, 15) is 22.8 Å². The van der Waals surface area contributed by atoms with E-state index in [1.54, 1.807) is 24.0 Å². The van der Waals surface area contributed by atoms with Crippen LogP contribution >= 0.6 is 0 Å². The number of benzene rings is 1. The number of quaternary nitrogens is 1. The lowest BCUT2D eigenvalue weighted by Gasteiger charge is -2.34. The van der Waals surface area contributed by atoms with Gasteiger partial charge in [0.1, 0.15) is 0 Å². The van der Waals surface area contributed by atoms with E-state index >= 15 is 0 Å². The first-order valence-corrected chi connectivity index (χ1v) is 8.50. The maximum Gasteiger partial charge on any atom is 0.289 e. The Hall–Kier alpha value is -2.81. The first-order valence-electron chi connectivity index (χ1n) is 8.50. The second-order valence-corrected chi connectivity index (χ2v) is 6.36. The van der Waals surface area contributed by atoms with Gasteiger partial charge in [0.2, 0.25) is 0 Å². The third-order valence-electron chi connectivity index (χ3n) is 4.72. The van der Waals surface area contributed by atoms with E-state index in [1.807, 2.05) is 0 Å². The van der Waals surface area contributed by atoms with Crippen molar-refractivity contribution in [3.8, 4) is 0 Å². The van der Waals surface area contributed by atoms with Crippen LogP contribution in [0.2, 0.25) is 0 Å². The second kappa shape index (κ2) is 7.83. The molecule has 0 bridgehead atoms. The number of nitrogens with zero attached hydrogens (tertiary/aromatic N) is 1. The Morgan fingerprint density at radius 1 is 1.15 bits per heavy atom. The normalized spacial score (nSPS) is 16.2. The monoisotopic (exact) mass is 382 g/mol. The molecule has 2 amide bonds. The molecule has 1 aromatic carbocycles. The standard InChI is InChI=1S/C18H18F3N3O3/c1-11(17(25)22-13-5-4-12(19)15(20)16(13)21)23-6-8-24(9-7-23)18(26)14-3-2-10-27-14/h2-5,10-11H,6-9H2,1H3,(H,22,25)/p+1/t11-/m0/s1. The van der Waals surface area contributed by atoms with Crippen molar-refractivity contribution < 1.29 is 32.1 Å². The van der Waals surface area contributed by atoms with Gasteiger partial charge in [-0.05, 0) is 31.2 Å². The summed E-state index contributed by atoms with van der Waals surface area (Å²) in [5.41, 5.74) is -0.406. The number of piperazine rings is 1. The Morgan fingerprint density at radius 2 is 1.85 bits per heavy atom. The summed E-state index contributed by atoms with van der Waals surface area (Å²) >= 11 is 0. The van der Waals surface area contributed by atoms with Gasteiger partial charge in [-0.3, -0.25) is 9.59 Å². The Bertz CT molecular complexity index is 834. The van der Waals surface area contributed by atoms with Gasteiger partial charge in [0.05, 0.1) is 38.1 Å². The molecule has 2 N–H and O–H groups in total. The molecule has 3 rings (SSSR count). The number of hydrogen-bond donors (Lipinski definition) is 2. The van der Waals surface area contributed by atoms with E-state index < -0.39 is 35.1 Å². The summed E-state index contributed by atoms with van der Waals surface area (Å²) in [7, 11) is 0.